The van der Waals surface area contributed by atoms with E-state index < -0.39 is 0 Å². The summed E-state index contributed by atoms with van der Waals surface area (Å²) in [5, 5.41) is 0. The maximum atomic E-state index is 5.38. The Morgan fingerprint density at radius 2 is 0.621 bits per heavy atom. The number of hydrogen-bond acceptors (Lipinski definition) is 6. The van der Waals surface area contributed by atoms with Gasteiger partial charge in [-0.3, -0.25) is 9.98 Å². The van der Waals surface area contributed by atoms with Gasteiger partial charge in [-0.2, -0.15) is 0 Å². The fourth-order valence-corrected chi connectivity index (χ4v) is 9.21. The van der Waals surface area contributed by atoms with Crippen LogP contribution < -0.4 is 9.80 Å². The molecular weight excluding hydrogens is 805 g/mol. The van der Waals surface area contributed by atoms with Gasteiger partial charge in [-0.05, 0) is 126 Å². The number of amidine groups is 2. The number of benzene rings is 7. The van der Waals surface area contributed by atoms with Crippen molar-refractivity contribution in [2.45, 2.75) is 77.5 Å². The van der Waals surface area contributed by atoms with Crippen LogP contribution in [0.5, 0.6) is 0 Å². The lowest BCUT2D eigenvalue weighted by molar-refractivity contribution is 0.338. The summed E-state index contributed by atoms with van der Waals surface area (Å²) in [5.74, 6) is 2.58. The molecule has 10 rings (SSSR count). The van der Waals surface area contributed by atoms with Crippen LogP contribution >= 0.6 is 0 Å². The summed E-state index contributed by atoms with van der Waals surface area (Å²) >= 11 is 0. The zero-order chi connectivity index (χ0) is 45.8. The van der Waals surface area contributed by atoms with Crippen molar-refractivity contribution < 1.29 is 0 Å². The molecule has 2 aliphatic rings. The summed E-state index contributed by atoms with van der Waals surface area (Å²) in [6, 6.07) is 68.5. The molecule has 2 aliphatic heterocycles. The van der Waals surface area contributed by atoms with Crippen LogP contribution in [-0.4, -0.2) is 43.8 Å². The monoisotopic (exact) mass is 860 g/mol. The molecule has 66 heavy (non-hydrogen) atoms. The number of aromatic nitrogens is 2. The number of anilines is 2. The van der Waals surface area contributed by atoms with Gasteiger partial charge in [0.1, 0.15) is 11.7 Å². The first-order chi connectivity index (χ1) is 31.7. The molecule has 0 saturated carbocycles. The van der Waals surface area contributed by atoms with Gasteiger partial charge in [0.15, 0.2) is 5.82 Å². The van der Waals surface area contributed by atoms with Crippen molar-refractivity contribution in [2.75, 3.05) is 9.80 Å². The first-order valence-electron chi connectivity index (χ1n) is 23.0. The van der Waals surface area contributed by atoms with Gasteiger partial charge in [0.25, 0.3) is 0 Å². The molecule has 0 radical (unpaired) electrons. The zero-order valence-electron chi connectivity index (χ0n) is 39.2. The highest BCUT2D eigenvalue weighted by molar-refractivity contribution is 6.14. The average Bonchev–Trinajstić information content (AvgIpc) is 3.66. The van der Waals surface area contributed by atoms with Gasteiger partial charge < -0.3 is 9.80 Å². The Morgan fingerprint density at radius 3 is 0.985 bits per heavy atom. The van der Waals surface area contributed by atoms with Gasteiger partial charge >= 0.3 is 0 Å². The Balaban J connectivity index is 1.09. The lowest BCUT2D eigenvalue weighted by Gasteiger charge is -2.41. The third kappa shape index (κ3) is 7.50. The molecule has 0 bridgehead atoms. The second-order valence-corrected chi connectivity index (χ2v) is 19.6. The molecule has 0 atom stereocenters. The largest absolute Gasteiger partial charge is 0.318 e. The van der Waals surface area contributed by atoms with Gasteiger partial charge in [-0.25, -0.2) is 9.97 Å². The topological polar surface area (TPSA) is 57.0 Å². The number of rotatable bonds is 9. The van der Waals surface area contributed by atoms with Crippen molar-refractivity contribution in [3.05, 3.63) is 205 Å². The predicted octanol–water partition coefficient (Wildman–Crippen LogP) is 14.5. The summed E-state index contributed by atoms with van der Waals surface area (Å²) in [5.41, 5.74) is 12.3. The van der Waals surface area contributed by atoms with Crippen LogP contribution in [0.4, 0.5) is 11.4 Å². The number of hydrogen-bond donors (Lipinski definition) is 0. The lowest BCUT2D eigenvalue weighted by Crippen LogP contribution is -2.53. The maximum Gasteiger partial charge on any atom is 0.160 e. The summed E-state index contributed by atoms with van der Waals surface area (Å²) in [7, 11) is 0. The molecule has 8 aromatic rings. The molecule has 0 fully saturated rings. The molecule has 1 aromatic heterocycles. The minimum absolute atomic E-state index is 0.252. The molecule has 0 N–H and O–H groups in total. The summed E-state index contributed by atoms with van der Waals surface area (Å²) in [6.07, 6.45) is 0. The molecule has 6 heteroatoms. The molecule has 0 spiro atoms. The van der Waals surface area contributed by atoms with E-state index in [1.807, 2.05) is 0 Å². The molecule has 0 saturated heterocycles. The smallest absolute Gasteiger partial charge is 0.160 e. The minimum Gasteiger partial charge on any atom is -0.318 e. The lowest BCUT2D eigenvalue weighted by atomic mass is 9.83. The molecular formula is C60H56N6. The highest BCUT2D eigenvalue weighted by Crippen LogP contribution is 2.44. The predicted molar refractivity (Wildman–Crippen MR) is 276 cm³/mol. The van der Waals surface area contributed by atoms with Crippen LogP contribution in [0.1, 0.15) is 66.5 Å². The Labute approximate surface area is 390 Å². The quantitative estimate of drug-likeness (QED) is 0.145. The maximum absolute atomic E-state index is 5.38. The fourth-order valence-electron chi connectivity index (χ4n) is 9.21. The number of aliphatic imine (C=N–C) groups is 2. The minimum atomic E-state index is -0.313. The average molecular weight is 861 g/mol. The fraction of sp³-hybridized carbons (Fsp3) is 0.200. The number of nitrogens with zero attached hydrogens (tertiary/aromatic N) is 6. The van der Waals surface area contributed by atoms with Gasteiger partial charge in [0.05, 0.1) is 33.5 Å². The summed E-state index contributed by atoms with van der Waals surface area (Å²) < 4.78 is 0. The second-order valence-electron chi connectivity index (χ2n) is 19.6. The number of para-hydroxylation sites is 2. The Kier molecular flexibility index (Phi) is 10.4. The molecule has 3 heterocycles. The van der Waals surface area contributed by atoms with E-state index in [2.05, 4.69) is 259 Å². The van der Waals surface area contributed by atoms with Crippen LogP contribution in [0.15, 0.2) is 204 Å². The van der Waals surface area contributed by atoms with Crippen LogP contribution in [0.2, 0.25) is 0 Å². The van der Waals surface area contributed by atoms with Crippen LogP contribution in [0.3, 0.4) is 0 Å². The van der Waals surface area contributed by atoms with Gasteiger partial charge in [-0.15, -0.1) is 0 Å². The van der Waals surface area contributed by atoms with E-state index in [1.165, 1.54) is 0 Å². The Bertz CT molecular complexity index is 2890. The summed E-state index contributed by atoms with van der Waals surface area (Å²) in [4.78, 5) is 26.2. The standard InChI is InChI=1S/C60H56N6/c1-57(2)59(5,6)65(50-25-17-11-18-26-50)55(63-57)45-33-29-43(30-34-45)52-40-53(44-31-35-46(36-32-44)56-64-58(3,4)60(7,8)66(56)51-27-19-12-20-28-51)62-54(61-52)49-38-47(41-21-13-9-14-22-41)37-48(39-49)42-23-15-10-16-24-42/h9-40H,1-8H3. The van der Waals surface area contributed by atoms with Crippen molar-refractivity contribution >= 4 is 23.0 Å². The zero-order valence-corrected chi connectivity index (χ0v) is 39.2. The van der Waals surface area contributed by atoms with E-state index in [9.17, 15) is 0 Å². The van der Waals surface area contributed by atoms with E-state index in [0.29, 0.717) is 5.82 Å². The van der Waals surface area contributed by atoms with Crippen molar-refractivity contribution in [1.82, 2.24) is 9.97 Å². The van der Waals surface area contributed by atoms with Crippen molar-refractivity contribution in [1.29, 1.82) is 0 Å². The Morgan fingerprint density at radius 1 is 0.303 bits per heavy atom. The summed E-state index contributed by atoms with van der Waals surface area (Å²) in [6.45, 7) is 18.0. The highest BCUT2D eigenvalue weighted by atomic mass is 15.3. The molecule has 6 nitrogen and oxygen atoms in total. The second kappa shape index (κ2) is 16.2. The third-order valence-electron chi connectivity index (χ3n) is 14.3. The van der Waals surface area contributed by atoms with Crippen LogP contribution in [-0.2, 0) is 0 Å². The SMILES string of the molecule is CC1(C)N=C(c2ccc(-c3cc(-c4ccc(C5=NC(C)(C)C(C)(C)N5c5ccccc5)cc4)nc(-c4cc(-c5ccccc5)cc(-c5ccccc5)c4)n3)cc2)N(c2ccccc2)C1(C)C. The first-order valence-corrected chi connectivity index (χ1v) is 23.0. The first kappa shape index (κ1) is 42.5. The highest BCUT2D eigenvalue weighted by Gasteiger charge is 2.51. The van der Waals surface area contributed by atoms with Gasteiger partial charge in [-0.1, -0.05) is 146 Å². The van der Waals surface area contributed by atoms with E-state index >= 15 is 0 Å². The molecule has 0 unspecified atom stereocenters. The van der Waals surface area contributed by atoms with Crippen molar-refractivity contribution in [3.8, 4) is 56.2 Å². The molecule has 326 valence electrons. The van der Waals surface area contributed by atoms with Crippen LogP contribution in [0, 0.1) is 0 Å². The van der Waals surface area contributed by atoms with E-state index in [0.717, 1.165) is 84.5 Å². The van der Waals surface area contributed by atoms with E-state index in [1.54, 1.807) is 0 Å². The van der Waals surface area contributed by atoms with Crippen molar-refractivity contribution in [3.63, 3.8) is 0 Å². The normalized spacial score (nSPS) is 16.8. The van der Waals surface area contributed by atoms with E-state index in [4.69, 9.17) is 20.0 Å². The van der Waals surface area contributed by atoms with E-state index in [-0.39, 0.29) is 22.2 Å². The molecule has 7 aromatic carbocycles. The van der Waals surface area contributed by atoms with Gasteiger partial charge in [0.2, 0.25) is 0 Å². The van der Waals surface area contributed by atoms with Crippen molar-refractivity contribution in [2.24, 2.45) is 9.98 Å². The van der Waals surface area contributed by atoms with Gasteiger partial charge in [0, 0.05) is 39.2 Å². The molecule has 0 amide bonds. The molecule has 0 aliphatic carbocycles. The Hall–Kier alpha value is -7.44. The third-order valence-corrected chi connectivity index (χ3v) is 14.3. The van der Waals surface area contributed by atoms with Crippen LogP contribution in [0.25, 0.3) is 56.2 Å².